The Morgan fingerprint density at radius 3 is 2.69 bits per heavy atom. The molecule has 4 nitrogen and oxygen atoms in total. The number of esters is 1. The quantitative estimate of drug-likeness (QED) is 0.446. The molecule has 0 radical (unpaired) electrons. The molecule has 0 aliphatic carbocycles. The summed E-state index contributed by atoms with van der Waals surface area (Å²) in [4.78, 5) is 12.1. The summed E-state index contributed by atoms with van der Waals surface area (Å²) in [5.74, 6) is -0.418. The van der Waals surface area contributed by atoms with Gasteiger partial charge in [-0.25, -0.2) is 4.79 Å². The first kappa shape index (κ1) is 13.0. The fourth-order valence-electron chi connectivity index (χ4n) is 1.08. The molecule has 1 aromatic carbocycles. The molecule has 0 fully saturated rings. The zero-order chi connectivity index (χ0) is 11.8. The summed E-state index contributed by atoms with van der Waals surface area (Å²) in [5.41, 5.74) is 0.438. The lowest BCUT2D eigenvalue weighted by Gasteiger charge is -2.06. The van der Waals surface area contributed by atoms with E-state index in [0.29, 0.717) is 10.5 Å². The zero-order valence-corrected chi connectivity index (χ0v) is 9.65. The summed E-state index contributed by atoms with van der Waals surface area (Å²) in [6.07, 6.45) is 0. The van der Waals surface area contributed by atoms with Crippen molar-refractivity contribution in [3.63, 3.8) is 0 Å². The SMILES string of the molecule is O=C(OCCOCCO)c1ccccc1S. The molecule has 0 saturated heterocycles. The standard InChI is InChI=1S/C11H14O4S/c12-5-6-14-7-8-15-11(13)9-3-1-2-4-10(9)16/h1-4,12,16H,5-8H2. The number of aliphatic hydroxyl groups is 1. The highest BCUT2D eigenvalue weighted by Crippen LogP contribution is 2.13. The van der Waals surface area contributed by atoms with Gasteiger partial charge in [-0.1, -0.05) is 12.1 Å². The van der Waals surface area contributed by atoms with E-state index in [9.17, 15) is 4.79 Å². The van der Waals surface area contributed by atoms with E-state index in [0.717, 1.165) is 0 Å². The minimum absolute atomic E-state index is 0.0343. The molecule has 16 heavy (non-hydrogen) atoms. The van der Waals surface area contributed by atoms with Gasteiger partial charge in [-0.2, -0.15) is 0 Å². The highest BCUT2D eigenvalue weighted by atomic mass is 32.1. The molecule has 1 aromatic rings. The van der Waals surface area contributed by atoms with Crippen molar-refractivity contribution >= 4 is 18.6 Å². The highest BCUT2D eigenvalue weighted by Gasteiger charge is 2.09. The molecule has 0 unspecified atom stereocenters. The normalized spacial score (nSPS) is 10.1. The lowest BCUT2D eigenvalue weighted by Crippen LogP contribution is -2.12. The lowest BCUT2D eigenvalue weighted by molar-refractivity contribution is 0.0255. The van der Waals surface area contributed by atoms with Gasteiger partial charge in [0.2, 0.25) is 0 Å². The maximum Gasteiger partial charge on any atom is 0.339 e. The maximum atomic E-state index is 11.5. The molecule has 0 amide bonds. The van der Waals surface area contributed by atoms with Crippen LogP contribution in [0.25, 0.3) is 0 Å². The van der Waals surface area contributed by atoms with Crippen LogP contribution in [0.4, 0.5) is 0 Å². The van der Waals surface area contributed by atoms with Crippen LogP contribution in [-0.4, -0.2) is 37.5 Å². The lowest BCUT2D eigenvalue weighted by atomic mass is 10.2. The van der Waals surface area contributed by atoms with Crippen LogP contribution in [0.3, 0.4) is 0 Å². The van der Waals surface area contributed by atoms with Gasteiger partial charge >= 0.3 is 5.97 Å². The van der Waals surface area contributed by atoms with Crippen molar-refractivity contribution in [3.8, 4) is 0 Å². The van der Waals surface area contributed by atoms with Gasteiger partial charge in [0.15, 0.2) is 0 Å². The summed E-state index contributed by atoms with van der Waals surface area (Å²) in [6, 6.07) is 6.92. The monoisotopic (exact) mass is 242 g/mol. The van der Waals surface area contributed by atoms with E-state index in [-0.39, 0.29) is 26.4 Å². The average molecular weight is 242 g/mol. The second-order valence-corrected chi connectivity index (χ2v) is 3.47. The minimum atomic E-state index is -0.418. The third-order valence-corrected chi connectivity index (χ3v) is 2.21. The van der Waals surface area contributed by atoms with Crippen LogP contribution in [0.5, 0.6) is 0 Å². The van der Waals surface area contributed by atoms with Crippen molar-refractivity contribution in [1.82, 2.24) is 0 Å². The molecule has 0 spiro atoms. The summed E-state index contributed by atoms with van der Waals surface area (Å²) in [7, 11) is 0. The Kier molecular flexibility index (Phi) is 5.92. The van der Waals surface area contributed by atoms with Crippen LogP contribution in [0, 0.1) is 0 Å². The number of benzene rings is 1. The second kappa shape index (κ2) is 7.27. The third-order valence-electron chi connectivity index (χ3n) is 1.82. The van der Waals surface area contributed by atoms with Crippen LogP contribution in [0.1, 0.15) is 10.4 Å². The number of carbonyl (C=O) groups is 1. The molecule has 0 saturated carbocycles. The van der Waals surface area contributed by atoms with Gasteiger partial charge in [0.25, 0.3) is 0 Å². The van der Waals surface area contributed by atoms with Gasteiger partial charge in [0.1, 0.15) is 6.61 Å². The molecule has 1 N–H and O–H groups in total. The molecule has 88 valence electrons. The zero-order valence-electron chi connectivity index (χ0n) is 8.76. The minimum Gasteiger partial charge on any atom is -0.460 e. The van der Waals surface area contributed by atoms with Crippen LogP contribution in [0.15, 0.2) is 29.2 Å². The van der Waals surface area contributed by atoms with E-state index < -0.39 is 5.97 Å². The van der Waals surface area contributed by atoms with Crippen LogP contribution in [-0.2, 0) is 9.47 Å². The van der Waals surface area contributed by atoms with Crippen molar-refractivity contribution in [1.29, 1.82) is 0 Å². The Labute approximate surface area is 99.6 Å². The van der Waals surface area contributed by atoms with Crippen LogP contribution >= 0.6 is 12.6 Å². The van der Waals surface area contributed by atoms with Gasteiger partial charge in [-0.3, -0.25) is 0 Å². The summed E-state index contributed by atoms with van der Waals surface area (Å²) in [5, 5.41) is 8.45. The predicted octanol–water partition coefficient (Wildman–Crippen LogP) is 1.14. The molecular formula is C11H14O4S. The number of thiol groups is 1. The van der Waals surface area contributed by atoms with Crippen molar-refractivity contribution in [3.05, 3.63) is 29.8 Å². The smallest absolute Gasteiger partial charge is 0.339 e. The van der Waals surface area contributed by atoms with Crippen molar-refractivity contribution in [2.24, 2.45) is 0 Å². The molecule has 0 heterocycles. The molecular weight excluding hydrogens is 228 g/mol. The Morgan fingerprint density at radius 1 is 1.25 bits per heavy atom. The predicted molar refractivity (Wildman–Crippen MR) is 61.9 cm³/mol. The fraction of sp³-hybridized carbons (Fsp3) is 0.364. The van der Waals surface area contributed by atoms with Crippen molar-refractivity contribution in [2.45, 2.75) is 4.90 Å². The van der Waals surface area contributed by atoms with Gasteiger partial charge in [-0.15, -0.1) is 12.6 Å². The number of carbonyl (C=O) groups excluding carboxylic acids is 1. The van der Waals surface area contributed by atoms with E-state index >= 15 is 0 Å². The molecule has 5 heteroatoms. The largest absolute Gasteiger partial charge is 0.460 e. The molecule has 0 bridgehead atoms. The number of aliphatic hydroxyl groups excluding tert-OH is 1. The molecule has 0 aromatic heterocycles. The van der Waals surface area contributed by atoms with E-state index in [1.54, 1.807) is 24.3 Å². The molecule has 0 aliphatic heterocycles. The van der Waals surface area contributed by atoms with Crippen LogP contribution < -0.4 is 0 Å². The first-order valence-electron chi connectivity index (χ1n) is 4.89. The Morgan fingerprint density at radius 2 is 2.00 bits per heavy atom. The van der Waals surface area contributed by atoms with E-state index in [1.807, 2.05) is 0 Å². The third kappa shape index (κ3) is 4.22. The Bertz CT molecular complexity index is 341. The second-order valence-electron chi connectivity index (χ2n) is 2.99. The summed E-state index contributed by atoms with van der Waals surface area (Å²) < 4.78 is 9.91. The molecule has 0 atom stereocenters. The first-order chi connectivity index (χ1) is 7.75. The molecule has 0 aliphatic rings. The number of ether oxygens (including phenoxy) is 2. The topological polar surface area (TPSA) is 55.8 Å². The fourth-order valence-corrected chi connectivity index (χ4v) is 1.34. The number of hydrogen-bond donors (Lipinski definition) is 2. The highest BCUT2D eigenvalue weighted by molar-refractivity contribution is 7.80. The Balaban J connectivity index is 2.33. The van der Waals surface area contributed by atoms with E-state index in [4.69, 9.17) is 14.6 Å². The maximum absolute atomic E-state index is 11.5. The van der Waals surface area contributed by atoms with Gasteiger partial charge in [0, 0.05) is 4.90 Å². The number of rotatable bonds is 6. The van der Waals surface area contributed by atoms with E-state index in [2.05, 4.69) is 12.6 Å². The summed E-state index contributed by atoms with van der Waals surface area (Å²) in [6.45, 7) is 0.663. The van der Waals surface area contributed by atoms with Crippen LogP contribution in [0.2, 0.25) is 0 Å². The average Bonchev–Trinajstić information content (AvgIpc) is 2.29. The molecule has 1 rings (SSSR count). The number of hydrogen-bond acceptors (Lipinski definition) is 5. The first-order valence-corrected chi connectivity index (χ1v) is 5.34. The summed E-state index contributed by atoms with van der Waals surface area (Å²) >= 11 is 4.15. The van der Waals surface area contributed by atoms with Crippen molar-refractivity contribution in [2.75, 3.05) is 26.4 Å². The van der Waals surface area contributed by atoms with Crippen molar-refractivity contribution < 1.29 is 19.4 Å². The van der Waals surface area contributed by atoms with Gasteiger partial charge in [0.05, 0.1) is 25.4 Å². The van der Waals surface area contributed by atoms with E-state index in [1.165, 1.54) is 0 Å². The van der Waals surface area contributed by atoms with Gasteiger partial charge in [-0.05, 0) is 12.1 Å². The Hall–Kier alpha value is -1.04. The van der Waals surface area contributed by atoms with Gasteiger partial charge < -0.3 is 14.6 Å².